The molecule has 0 unspecified atom stereocenters. The number of carbonyl (C=O) groups excluding carboxylic acids is 2. The van der Waals surface area contributed by atoms with Crippen LogP contribution in [0.25, 0.3) is 0 Å². The van der Waals surface area contributed by atoms with Crippen molar-refractivity contribution in [2.45, 2.75) is 26.8 Å². The van der Waals surface area contributed by atoms with Gasteiger partial charge in [0.25, 0.3) is 5.91 Å². The Morgan fingerprint density at radius 1 is 1.15 bits per heavy atom. The molecule has 1 fully saturated rings. The highest BCUT2D eigenvalue weighted by atomic mass is 16.5. The van der Waals surface area contributed by atoms with Gasteiger partial charge < -0.3 is 19.4 Å². The van der Waals surface area contributed by atoms with E-state index in [-0.39, 0.29) is 12.5 Å². The molecule has 6 nitrogen and oxygen atoms in total. The molecule has 144 valence electrons. The van der Waals surface area contributed by atoms with Crippen LogP contribution in [0.5, 0.6) is 0 Å². The molecule has 0 radical (unpaired) electrons. The van der Waals surface area contributed by atoms with Crippen molar-refractivity contribution in [2.75, 3.05) is 25.0 Å². The maximum Gasteiger partial charge on any atom is 0.340 e. The smallest absolute Gasteiger partial charge is 0.340 e. The Labute approximate surface area is 159 Å². The first-order valence-corrected chi connectivity index (χ1v) is 9.33. The number of esters is 1. The molecule has 1 aromatic heterocycles. The van der Waals surface area contributed by atoms with Gasteiger partial charge >= 0.3 is 5.97 Å². The number of hydrogen-bond donors (Lipinski definition) is 1. The summed E-state index contributed by atoms with van der Waals surface area (Å²) in [5.74, 6) is 1.06. The highest BCUT2D eigenvalue weighted by molar-refractivity contribution is 5.96. The predicted octanol–water partition coefficient (Wildman–Crippen LogP) is 3.55. The molecule has 1 amide bonds. The number of anilines is 1. The number of ether oxygens (including phenoxy) is 1. The lowest BCUT2D eigenvalue weighted by Crippen LogP contribution is -2.44. The van der Waals surface area contributed by atoms with E-state index in [4.69, 9.17) is 9.15 Å². The topological polar surface area (TPSA) is 71.8 Å². The van der Waals surface area contributed by atoms with Crippen LogP contribution in [0.1, 0.15) is 36.4 Å². The van der Waals surface area contributed by atoms with Gasteiger partial charge in [-0.2, -0.15) is 0 Å². The van der Waals surface area contributed by atoms with E-state index in [9.17, 15) is 9.59 Å². The Hall–Kier alpha value is -2.76. The minimum Gasteiger partial charge on any atom is -0.467 e. The Balaban J connectivity index is 1.57. The Kier molecular flexibility index (Phi) is 6.16. The zero-order chi connectivity index (χ0) is 19.2. The lowest BCUT2D eigenvalue weighted by Gasteiger charge is -2.34. The lowest BCUT2D eigenvalue weighted by atomic mass is 9.92. The lowest BCUT2D eigenvalue weighted by molar-refractivity contribution is -0.137. The van der Waals surface area contributed by atoms with Crippen molar-refractivity contribution in [1.82, 2.24) is 4.90 Å². The molecule has 1 aliphatic heterocycles. The summed E-state index contributed by atoms with van der Waals surface area (Å²) in [7, 11) is 0. The standard InChI is InChI=1S/C21H26N2O4/c1-15-10-16(2)13-23(12-15)20(24)14-27-21(25)18-7-3-4-8-19(18)22-11-17-6-5-9-26-17/h3-9,15-16,22H,10-14H2,1-2H3/t15-,16-/m0/s1. The van der Waals surface area contributed by atoms with E-state index in [0.29, 0.717) is 29.6 Å². The van der Waals surface area contributed by atoms with Gasteiger partial charge in [0.15, 0.2) is 6.61 Å². The molecule has 0 saturated carbocycles. The summed E-state index contributed by atoms with van der Waals surface area (Å²) in [6.45, 7) is 5.96. The van der Waals surface area contributed by atoms with Gasteiger partial charge in [-0.1, -0.05) is 26.0 Å². The highest BCUT2D eigenvalue weighted by Gasteiger charge is 2.26. The molecule has 0 bridgehead atoms. The molecule has 1 aliphatic rings. The van der Waals surface area contributed by atoms with Crippen LogP contribution in [-0.4, -0.2) is 36.5 Å². The maximum atomic E-state index is 12.5. The van der Waals surface area contributed by atoms with Crippen molar-refractivity contribution in [3.63, 3.8) is 0 Å². The van der Waals surface area contributed by atoms with Crippen LogP contribution in [0.15, 0.2) is 47.1 Å². The first-order valence-electron chi connectivity index (χ1n) is 9.33. The molecule has 1 saturated heterocycles. The first-order chi connectivity index (χ1) is 13.0. The molecule has 1 aromatic carbocycles. The van der Waals surface area contributed by atoms with Crippen molar-refractivity contribution in [3.05, 3.63) is 54.0 Å². The van der Waals surface area contributed by atoms with Gasteiger partial charge in [0.1, 0.15) is 5.76 Å². The maximum absolute atomic E-state index is 12.5. The molecular weight excluding hydrogens is 344 g/mol. The highest BCUT2D eigenvalue weighted by Crippen LogP contribution is 2.21. The number of likely N-dealkylation sites (tertiary alicyclic amines) is 1. The van der Waals surface area contributed by atoms with E-state index in [1.807, 2.05) is 18.2 Å². The number of rotatable bonds is 6. The number of hydrogen-bond acceptors (Lipinski definition) is 5. The number of furan rings is 1. The van der Waals surface area contributed by atoms with Crippen molar-refractivity contribution in [3.8, 4) is 0 Å². The molecule has 3 rings (SSSR count). The number of para-hydroxylation sites is 1. The van der Waals surface area contributed by atoms with Crippen molar-refractivity contribution >= 4 is 17.6 Å². The quantitative estimate of drug-likeness (QED) is 0.788. The van der Waals surface area contributed by atoms with E-state index in [1.165, 1.54) is 0 Å². The van der Waals surface area contributed by atoms with Gasteiger partial charge in [0, 0.05) is 18.8 Å². The monoisotopic (exact) mass is 370 g/mol. The fourth-order valence-electron chi connectivity index (χ4n) is 3.57. The van der Waals surface area contributed by atoms with Crippen molar-refractivity contribution in [2.24, 2.45) is 11.8 Å². The van der Waals surface area contributed by atoms with E-state index < -0.39 is 5.97 Å². The summed E-state index contributed by atoms with van der Waals surface area (Å²) in [6, 6.07) is 10.8. The molecule has 0 spiro atoms. The average Bonchev–Trinajstić information content (AvgIpc) is 3.17. The van der Waals surface area contributed by atoms with Crippen LogP contribution in [-0.2, 0) is 16.1 Å². The fourth-order valence-corrected chi connectivity index (χ4v) is 3.57. The molecule has 2 atom stereocenters. The minimum atomic E-state index is -0.510. The van der Waals surface area contributed by atoms with E-state index in [1.54, 1.807) is 29.4 Å². The van der Waals surface area contributed by atoms with Gasteiger partial charge in [-0.25, -0.2) is 4.79 Å². The van der Waals surface area contributed by atoms with Gasteiger partial charge in [0.2, 0.25) is 0 Å². The Morgan fingerprint density at radius 3 is 2.59 bits per heavy atom. The Bertz CT molecular complexity index is 762. The van der Waals surface area contributed by atoms with Crippen LogP contribution in [0.2, 0.25) is 0 Å². The largest absolute Gasteiger partial charge is 0.467 e. The fraction of sp³-hybridized carbons (Fsp3) is 0.429. The number of amides is 1. The summed E-state index contributed by atoms with van der Waals surface area (Å²) in [6.07, 6.45) is 2.73. The second-order valence-corrected chi connectivity index (χ2v) is 7.30. The number of piperidine rings is 1. The van der Waals surface area contributed by atoms with E-state index in [2.05, 4.69) is 19.2 Å². The second kappa shape index (κ2) is 8.75. The van der Waals surface area contributed by atoms with Gasteiger partial charge in [-0.3, -0.25) is 4.79 Å². The van der Waals surface area contributed by atoms with Crippen LogP contribution in [0.4, 0.5) is 5.69 Å². The zero-order valence-electron chi connectivity index (χ0n) is 15.8. The third kappa shape index (κ3) is 5.12. The number of nitrogens with zero attached hydrogens (tertiary/aromatic N) is 1. The minimum absolute atomic E-state index is 0.136. The van der Waals surface area contributed by atoms with E-state index in [0.717, 1.165) is 25.3 Å². The summed E-state index contributed by atoms with van der Waals surface area (Å²) in [5.41, 5.74) is 1.05. The van der Waals surface area contributed by atoms with Gasteiger partial charge in [-0.15, -0.1) is 0 Å². The van der Waals surface area contributed by atoms with Gasteiger partial charge in [-0.05, 0) is 42.5 Å². The summed E-state index contributed by atoms with van der Waals surface area (Å²) in [4.78, 5) is 26.7. The third-order valence-electron chi connectivity index (χ3n) is 4.73. The van der Waals surface area contributed by atoms with Crippen LogP contribution in [0, 0.1) is 11.8 Å². The Morgan fingerprint density at radius 2 is 1.89 bits per heavy atom. The average molecular weight is 370 g/mol. The summed E-state index contributed by atoms with van der Waals surface area (Å²) < 4.78 is 10.6. The third-order valence-corrected chi connectivity index (χ3v) is 4.73. The zero-order valence-corrected chi connectivity index (χ0v) is 15.8. The normalized spacial score (nSPS) is 19.6. The molecule has 6 heteroatoms. The molecule has 1 N–H and O–H groups in total. The second-order valence-electron chi connectivity index (χ2n) is 7.30. The molecular formula is C21H26N2O4. The van der Waals surface area contributed by atoms with E-state index >= 15 is 0 Å². The molecule has 27 heavy (non-hydrogen) atoms. The first kappa shape index (κ1) is 19.0. The SMILES string of the molecule is C[C@H]1C[C@H](C)CN(C(=O)COC(=O)c2ccccc2NCc2ccco2)C1. The molecule has 2 aromatic rings. The summed E-state index contributed by atoms with van der Waals surface area (Å²) in [5, 5.41) is 3.17. The predicted molar refractivity (Wildman–Crippen MR) is 102 cm³/mol. The van der Waals surface area contributed by atoms with Crippen molar-refractivity contribution in [1.29, 1.82) is 0 Å². The number of benzene rings is 1. The molecule has 0 aliphatic carbocycles. The van der Waals surface area contributed by atoms with Gasteiger partial charge in [0.05, 0.1) is 18.4 Å². The van der Waals surface area contributed by atoms with Crippen molar-refractivity contribution < 1.29 is 18.7 Å². The van der Waals surface area contributed by atoms with Crippen LogP contribution >= 0.6 is 0 Å². The number of carbonyl (C=O) groups is 2. The van der Waals surface area contributed by atoms with Crippen LogP contribution < -0.4 is 5.32 Å². The molecule has 2 heterocycles. The number of nitrogens with one attached hydrogen (secondary N) is 1. The van der Waals surface area contributed by atoms with Crippen LogP contribution in [0.3, 0.4) is 0 Å². The summed E-state index contributed by atoms with van der Waals surface area (Å²) >= 11 is 0.